The molecule has 2 aliphatic rings. The topological polar surface area (TPSA) is 67.7 Å². The molecule has 1 atom stereocenters. The highest BCUT2D eigenvalue weighted by Gasteiger charge is 2.22. The molecular weight excluding hydrogens is 428 g/mol. The van der Waals surface area contributed by atoms with Crippen molar-refractivity contribution in [3.05, 3.63) is 57.8 Å². The van der Waals surface area contributed by atoms with E-state index in [0.717, 1.165) is 37.3 Å². The highest BCUT2D eigenvalue weighted by atomic mass is 16.5. The largest absolute Gasteiger partial charge is 0.492 e. The van der Waals surface area contributed by atoms with E-state index < -0.39 is 0 Å². The van der Waals surface area contributed by atoms with Crippen LogP contribution >= 0.6 is 0 Å². The monoisotopic (exact) mass is 466 g/mol. The lowest BCUT2D eigenvalue weighted by molar-refractivity contribution is -0.132. The number of rotatable bonds is 2. The fraction of sp³-hybridized carbons (Fsp3) is 0.593. The van der Waals surface area contributed by atoms with Crippen LogP contribution in [0.1, 0.15) is 55.5 Å². The average Bonchev–Trinajstić information content (AvgIpc) is 2.82. The summed E-state index contributed by atoms with van der Waals surface area (Å²) in [5.41, 5.74) is 2.38. The first-order chi connectivity index (χ1) is 16.5. The number of carbonyl (C=O) groups excluding carboxylic acids is 1. The van der Waals surface area contributed by atoms with Gasteiger partial charge in [0, 0.05) is 24.0 Å². The highest BCUT2D eigenvalue weighted by Crippen LogP contribution is 2.23. The van der Waals surface area contributed by atoms with Crippen molar-refractivity contribution in [2.45, 2.75) is 71.4 Å². The normalized spacial score (nSPS) is 20.5. The molecule has 1 amide bonds. The van der Waals surface area contributed by atoms with E-state index in [2.05, 4.69) is 28.1 Å². The Morgan fingerprint density at radius 2 is 1.82 bits per heavy atom. The number of fused-ring (bicyclic) bond motifs is 3. The summed E-state index contributed by atoms with van der Waals surface area (Å²) in [6, 6.07) is 10.9. The van der Waals surface area contributed by atoms with E-state index in [1.54, 1.807) is 6.92 Å². The Kier molecular flexibility index (Phi) is 8.38. The van der Waals surface area contributed by atoms with Gasteiger partial charge in [-0.05, 0) is 89.2 Å². The molecule has 0 radical (unpaired) electrons. The Balaban J connectivity index is 1.47. The van der Waals surface area contributed by atoms with E-state index in [1.807, 2.05) is 24.0 Å². The van der Waals surface area contributed by atoms with Crippen molar-refractivity contribution >= 4 is 5.91 Å². The van der Waals surface area contributed by atoms with Crippen molar-refractivity contribution in [2.24, 2.45) is 0 Å². The van der Waals surface area contributed by atoms with E-state index in [1.165, 1.54) is 42.4 Å². The molecule has 7 heteroatoms. The van der Waals surface area contributed by atoms with Gasteiger partial charge in [0.15, 0.2) is 0 Å². The number of nitrogens with zero attached hydrogens (tertiary/aromatic N) is 4. The second-order valence-electron chi connectivity index (χ2n) is 9.72. The van der Waals surface area contributed by atoms with Crippen LogP contribution in [-0.2, 0) is 17.8 Å². The summed E-state index contributed by atoms with van der Waals surface area (Å²) >= 11 is 0. The molecule has 0 N–H and O–H groups in total. The maximum Gasteiger partial charge on any atom is 0.348 e. The maximum atomic E-state index is 13.2. The van der Waals surface area contributed by atoms with E-state index in [4.69, 9.17) is 4.74 Å². The average molecular weight is 467 g/mol. The molecular formula is C27H38N4O3. The molecule has 1 unspecified atom stereocenters. The summed E-state index contributed by atoms with van der Waals surface area (Å²) in [6.45, 7) is 7.54. The van der Waals surface area contributed by atoms with Gasteiger partial charge < -0.3 is 14.5 Å². The fourth-order valence-electron chi connectivity index (χ4n) is 5.26. The van der Waals surface area contributed by atoms with Crippen LogP contribution in [0.3, 0.4) is 0 Å². The van der Waals surface area contributed by atoms with Crippen molar-refractivity contribution in [3.63, 3.8) is 0 Å². The van der Waals surface area contributed by atoms with Crippen LogP contribution in [0, 0.1) is 13.8 Å². The maximum absolute atomic E-state index is 13.2. The first kappa shape index (κ1) is 24.5. The van der Waals surface area contributed by atoms with Crippen LogP contribution < -0.4 is 10.4 Å². The van der Waals surface area contributed by atoms with Crippen molar-refractivity contribution < 1.29 is 9.53 Å². The van der Waals surface area contributed by atoms with E-state index in [9.17, 15) is 9.59 Å². The van der Waals surface area contributed by atoms with Crippen molar-refractivity contribution in [3.8, 4) is 5.75 Å². The molecule has 2 bridgehead atoms. The van der Waals surface area contributed by atoms with Gasteiger partial charge in [-0.3, -0.25) is 9.36 Å². The molecule has 2 aliphatic heterocycles. The zero-order valence-corrected chi connectivity index (χ0v) is 20.7. The summed E-state index contributed by atoms with van der Waals surface area (Å²) in [4.78, 5) is 34.1. The third-order valence-corrected chi connectivity index (χ3v) is 7.16. The van der Waals surface area contributed by atoms with E-state index in [0.29, 0.717) is 31.4 Å². The van der Waals surface area contributed by atoms with Crippen LogP contribution in [0.4, 0.5) is 0 Å². The summed E-state index contributed by atoms with van der Waals surface area (Å²) < 4.78 is 7.50. The Hall–Kier alpha value is -2.67. The summed E-state index contributed by atoms with van der Waals surface area (Å²) in [5.74, 6) is 0.795. The fourth-order valence-corrected chi connectivity index (χ4v) is 5.26. The number of carbonyl (C=O) groups is 1. The highest BCUT2D eigenvalue weighted by molar-refractivity contribution is 5.76. The van der Waals surface area contributed by atoms with Gasteiger partial charge in [0.25, 0.3) is 0 Å². The molecule has 1 aromatic heterocycles. The Morgan fingerprint density at radius 3 is 2.65 bits per heavy atom. The smallest absolute Gasteiger partial charge is 0.348 e. The van der Waals surface area contributed by atoms with Crippen LogP contribution in [0.25, 0.3) is 0 Å². The lowest BCUT2D eigenvalue weighted by Gasteiger charge is -2.36. The predicted molar refractivity (Wildman–Crippen MR) is 133 cm³/mol. The van der Waals surface area contributed by atoms with Crippen LogP contribution in [0.5, 0.6) is 5.75 Å². The zero-order valence-electron chi connectivity index (χ0n) is 20.7. The molecule has 0 saturated carbocycles. The Morgan fingerprint density at radius 1 is 1.03 bits per heavy atom. The summed E-state index contributed by atoms with van der Waals surface area (Å²) in [6.07, 6.45) is 8.15. The van der Waals surface area contributed by atoms with Gasteiger partial charge in [0.2, 0.25) is 5.91 Å². The van der Waals surface area contributed by atoms with Crippen molar-refractivity contribution in [2.75, 3.05) is 32.8 Å². The van der Waals surface area contributed by atoms with E-state index >= 15 is 0 Å². The third-order valence-electron chi connectivity index (χ3n) is 7.16. The van der Waals surface area contributed by atoms with Gasteiger partial charge in [-0.1, -0.05) is 18.6 Å². The van der Waals surface area contributed by atoms with Gasteiger partial charge in [0.05, 0.1) is 6.54 Å². The lowest BCUT2D eigenvalue weighted by Crippen LogP contribution is -2.42. The van der Waals surface area contributed by atoms with Crippen LogP contribution in [0.2, 0.25) is 0 Å². The molecule has 4 rings (SSSR count). The van der Waals surface area contributed by atoms with Gasteiger partial charge in [0.1, 0.15) is 18.9 Å². The van der Waals surface area contributed by atoms with E-state index in [-0.39, 0.29) is 18.1 Å². The second kappa shape index (κ2) is 11.6. The molecule has 1 fully saturated rings. The van der Waals surface area contributed by atoms with Gasteiger partial charge in [-0.15, -0.1) is 0 Å². The third kappa shape index (κ3) is 6.47. The number of benzene rings is 1. The first-order valence-electron chi connectivity index (χ1n) is 12.8. The number of amides is 1. The number of piperidine rings is 1. The minimum absolute atomic E-state index is 0.0155. The summed E-state index contributed by atoms with van der Waals surface area (Å²) in [5, 5.41) is 0. The molecule has 1 aromatic carbocycles. The molecule has 7 nitrogen and oxygen atoms in total. The summed E-state index contributed by atoms with van der Waals surface area (Å²) in [7, 11) is 0. The number of aryl methyl sites for hydroxylation is 3. The Bertz CT molecular complexity index is 1030. The molecule has 3 heterocycles. The van der Waals surface area contributed by atoms with Gasteiger partial charge in [-0.2, -0.15) is 4.98 Å². The number of hydrogen-bond acceptors (Lipinski definition) is 5. The number of ether oxygens (including phenoxy) is 1. The molecule has 2 aromatic rings. The minimum atomic E-state index is -0.367. The Labute approximate surface area is 202 Å². The molecule has 184 valence electrons. The SMILES string of the molecule is Cc1cc(C)n(CC(=O)N2CCCCN3CCCCC3CCc3cccc(c3)OCC2)c(=O)n1. The standard InChI is InChI=1S/C27H38N4O3/c1-21-18-22(2)31(27(33)28-21)20-26(32)30-15-6-5-14-29-13-4-3-9-24(29)12-11-23-8-7-10-25(19-23)34-17-16-30/h7-8,10,18-19,24H,3-6,9,11-17,20H2,1-2H3. The predicted octanol–water partition coefficient (Wildman–Crippen LogP) is 3.35. The first-order valence-corrected chi connectivity index (χ1v) is 12.8. The molecule has 1 saturated heterocycles. The minimum Gasteiger partial charge on any atom is -0.492 e. The second-order valence-corrected chi connectivity index (χ2v) is 9.72. The molecule has 0 spiro atoms. The van der Waals surface area contributed by atoms with Gasteiger partial charge in [-0.25, -0.2) is 4.79 Å². The molecule has 34 heavy (non-hydrogen) atoms. The quantitative estimate of drug-likeness (QED) is 0.679. The zero-order chi connectivity index (χ0) is 23.9. The van der Waals surface area contributed by atoms with Crippen molar-refractivity contribution in [1.82, 2.24) is 19.4 Å². The van der Waals surface area contributed by atoms with Crippen LogP contribution in [-0.4, -0.2) is 64.1 Å². The lowest BCUT2D eigenvalue weighted by atomic mass is 9.95. The number of aromatic nitrogens is 2. The van der Waals surface area contributed by atoms with Crippen LogP contribution in [0.15, 0.2) is 35.1 Å². The number of hydrogen-bond donors (Lipinski definition) is 0. The van der Waals surface area contributed by atoms with Gasteiger partial charge >= 0.3 is 5.69 Å². The van der Waals surface area contributed by atoms with Crippen molar-refractivity contribution in [1.29, 1.82) is 0 Å². The molecule has 0 aliphatic carbocycles.